The molecule has 2 aromatic carbocycles. The third-order valence-corrected chi connectivity index (χ3v) is 4.85. The van der Waals surface area contributed by atoms with Gasteiger partial charge in [0.1, 0.15) is 5.82 Å². The van der Waals surface area contributed by atoms with E-state index >= 15 is 0 Å². The molecule has 0 unspecified atom stereocenters. The normalized spacial score (nSPS) is 14.9. The fourth-order valence-corrected chi connectivity index (χ4v) is 3.86. The van der Waals surface area contributed by atoms with E-state index in [9.17, 15) is 4.79 Å². The summed E-state index contributed by atoms with van der Waals surface area (Å²) in [6.07, 6.45) is 5.21. The Morgan fingerprint density at radius 3 is 2.42 bits per heavy atom. The number of imidazole rings is 1. The summed E-state index contributed by atoms with van der Waals surface area (Å²) in [5.41, 5.74) is 3.03. The highest BCUT2D eigenvalue weighted by atomic mass is 16.2. The smallest absolute Gasteiger partial charge is 0.264 e. The Morgan fingerprint density at radius 1 is 1.00 bits per heavy atom. The van der Waals surface area contributed by atoms with Gasteiger partial charge in [0.05, 0.1) is 16.4 Å². The van der Waals surface area contributed by atoms with E-state index < -0.39 is 5.41 Å². The van der Waals surface area contributed by atoms with E-state index in [2.05, 4.69) is 13.2 Å². The minimum absolute atomic E-state index is 0.0157. The molecule has 3 heteroatoms. The summed E-state index contributed by atoms with van der Waals surface area (Å²) in [6.45, 7) is 7.89. The van der Waals surface area contributed by atoms with Crippen molar-refractivity contribution < 1.29 is 4.79 Å². The number of nitrogens with zero attached hydrogens (tertiary/aromatic N) is 2. The van der Waals surface area contributed by atoms with Crippen molar-refractivity contribution in [3.05, 3.63) is 90.8 Å². The molecule has 0 N–H and O–H groups in total. The fraction of sp³-hybridized carbons (Fsp3) is 0.143. The zero-order valence-corrected chi connectivity index (χ0v) is 13.4. The first-order valence-electron chi connectivity index (χ1n) is 8.07. The van der Waals surface area contributed by atoms with Crippen LogP contribution < -0.4 is 0 Å². The molecule has 0 saturated heterocycles. The van der Waals surface area contributed by atoms with Crippen LogP contribution in [0.3, 0.4) is 0 Å². The molecule has 24 heavy (non-hydrogen) atoms. The Bertz CT molecular complexity index is 970. The van der Waals surface area contributed by atoms with Crippen LogP contribution >= 0.6 is 0 Å². The second-order valence-corrected chi connectivity index (χ2v) is 6.18. The van der Waals surface area contributed by atoms with Crippen LogP contribution in [0.2, 0.25) is 0 Å². The van der Waals surface area contributed by atoms with Crippen molar-refractivity contribution in [3.63, 3.8) is 0 Å². The van der Waals surface area contributed by atoms with Gasteiger partial charge in [-0.05, 0) is 36.6 Å². The van der Waals surface area contributed by atoms with Crippen LogP contribution in [-0.2, 0) is 5.41 Å². The fourth-order valence-electron chi connectivity index (χ4n) is 3.86. The Kier molecular flexibility index (Phi) is 3.24. The second kappa shape index (κ2) is 5.31. The van der Waals surface area contributed by atoms with E-state index in [-0.39, 0.29) is 5.91 Å². The van der Waals surface area contributed by atoms with E-state index in [1.54, 1.807) is 4.57 Å². The zero-order valence-electron chi connectivity index (χ0n) is 13.4. The van der Waals surface area contributed by atoms with Gasteiger partial charge in [0, 0.05) is 5.56 Å². The third-order valence-electron chi connectivity index (χ3n) is 4.85. The van der Waals surface area contributed by atoms with Crippen LogP contribution in [0.25, 0.3) is 11.0 Å². The Labute approximate surface area is 141 Å². The molecular formula is C21H18N2O. The van der Waals surface area contributed by atoms with Gasteiger partial charge in [-0.2, -0.15) is 0 Å². The number of allylic oxidation sites excluding steroid dienone is 2. The van der Waals surface area contributed by atoms with Crippen LogP contribution in [0.15, 0.2) is 73.8 Å². The first kappa shape index (κ1) is 14.6. The first-order chi connectivity index (χ1) is 11.7. The van der Waals surface area contributed by atoms with Crippen molar-refractivity contribution in [3.8, 4) is 0 Å². The monoisotopic (exact) mass is 314 g/mol. The lowest BCUT2D eigenvalue weighted by atomic mass is 9.70. The third kappa shape index (κ3) is 1.78. The largest absolute Gasteiger partial charge is 0.268 e. The van der Waals surface area contributed by atoms with Crippen LogP contribution in [0, 0.1) is 0 Å². The lowest BCUT2D eigenvalue weighted by Gasteiger charge is -2.37. The van der Waals surface area contributed by atoms with E-state index in [1.807, 2.05) is 60.7 Å². The van der Waals surface area contributed by atoms with E-state index in [4.69, 9.17) is 4.98 Å². The molecule has 1 aliphatic heterocycles. The average molecular weight is 314 g/mol. The predicted molar refractivity (Wildman–Crippen MR) is 96.3 cm³/mol. The summed E-state index contributed by atoms with van der Waals surface area (Å²) < 4.78 is 1.77. The number of hydrogen-bond acceptors (Lipinski definition) is 2. The van der Waals surface area contributed by atoms with Gasteiger partial charge >= 0.3 is 0 Å². The average Bonchev–Trinajstić information content (AvgIpc) is 3.00. The molecule has 1 aliphatic rings. The molecule has 3 aromatic rings. The van der Waals surface area contributed by atoms with Gasteiger partial charge in [-0.15, -0.1) is 13.2 Å². The van der Waals surface area contributed by atoms with Gasteiger partial charge < -0.3 is 0 Å². The lowest BCUT2D eigenvalue weighted by Crippen LogP contribution is -2.39. The molecule has 0 fully saturated rings. The quantitative estimate of drug-likeness (QED) is 0.666. The topological polar surface area (TPSA) is 34.9 Å². The minimum atomic E-state index is -0.410. The summed E-state index contributed by atoms with van der Waals surface area (Å²) in [7, 11) is 0. The molecule has 0 amide bonds. The van der Waals surface area contributed by atoms with Gasteiger partial charge in [0.2, 0.25) is 0 Å². The highest BCUT2D eigenvalue weighted by molar-refractivity contribution is 6.05. The van der Waals surface area contributed by atoms with E-state index in [0.717, 1.165) is 28.0 Å². The van der Waals surface area contributed by atoms with Crippen molar-refractivity contribution in [1.82, 2.24) is 9.55 Å². The standard InChI is InChI=1S/C21H18N2O/c1-3-13-21(14-4-2)16-10-6-5-9-15(16)19(24)23-18-12-8-7-11-17(18)22-20(21)23/h3-12H,1-2,13-14H2. The van der Waals surface area contributed by atoms with Crippen molar-refractivity contribution >= 4 is 16.9 Å². The Hall–Kier alpha value is -2.94. The molecule has 0 radical (unpaired) electrons. The number of aromatic nitrogens is 2. The van der Waals surface area contributed by atoms with Crippen molar-refractivity contribution in [2.75, 3.05) is 0 Å². The van der Waals surface area contributed by atoms with E-state index in [0.29, 0.717) is 12.8 Å². The maximum absolute atomic E-state index is 13.2. The molecule has 0 bridgehead atoms. The lowest BCUT2D eigenvalue weighted by molar-refractivity contribution is 0.0945. The van der Waals surface area contributed by atoms with Gasteiger partial charge in [0.25, 0.3) is 5.91 Å². The van der Waals surface area contributed by atoms with Crippen LogP contribution in [0.5, 0.6) is 0 Å². The molecule has 2 heterocycles. The summed E-state index contributed by atoms with van der Waals surface area (Å²) in [6, 6.07) is 15.6. The Morgan fingerprint density at radius 2 is 1.67 bits per heavy atom. The number of benzene rings is 2. The number of carbonyl (C=O) groups excluding carboxylic acids is 1. The number of hydrogen-bond donors (Lipinski definition) is 0. The number of fused-ring (bicyclic) bond motifs is 4. The molecule has 4 rings (SSSR count). The molecule has 118 valence electrons. The SMILES string of the molecule is C=CCC1(CC=C)c2ccccc2C(=O)n2c1nc1ccccc12. The van der Waals surface area contributed by atoms with Crippen molar-refractivity contribution in [2.45, 2.75) is 18.3 Å². The number of rotatable bonds is 4. The maximum atomic E-state index is 13.2. The molecule has 0 aliphatic carbocycles. The summed E-state index contributed by atoms with van der Waals surface area (Å²) in [4.78, 5) is 18.0. The van der Waals surface area contributed by atoms with Gasteiger partial charge in [-0.25, -0.2) is 4.98 Å². The Balaban J connectivity index is 2.15. The molecule has 0 saturated carbocycles. The predicted octanol–water partition coefficient (Wildman–Crippen LogP) is 4.48. The maximum Gasteiger partial charge on any atom is 0.264 e. The zero-order chi connectivity index (χ0) is 16.7. The van der Waals surface area contributed by atoms with E-state index in [1.165, 1.54) is 0 Å². The van der Waals surface area contributed by atoms with Gasteiger partial charge in [0.15, 0.2) is 0 Å². The van der Waals surface area contributed by atoms with Crippen molar-refractivity contribution in [1.29, 1.82) is 0 Å². The summed E-state index contributed by atoms with van der Waals surface area (Å²) in [5, 5.41) is 0. The minimum Gasteiger partial charge on any atom is -0.268 e. The molecule has 1 aromatic heterocycles. The molecular weight excluding hydrogens is 296 g/mol. The van der Waals surface area contributed by atoms with Gasteiger partial charge in [-0.3, -0.25) is 9.36 Å². The number of carbonyl (C=O) groups is 1. The molecule has 3 nitrogen and oxygen atoms in total. The molecule has 0 atom stereocenters. The summed E-state index contributed by atoms with van der Waals surface area (Å²) >= 11 is 0. The molecule has 0 spiro atoms. The highest BCUT2D eigenvalue weighted by Crippen LogP contribution is 2.45. The summed E-state index contributed by atoms with van der Waals surface area (Å²) in [5.74, 6) is 0.769. The van der Waals surface area contributed by atoms with Crippen LogP contribution in [0.4, 0.5) is 0 Å². The van der Waals surface area contributed by atoms with Crippen molar-refractivity contribution in [2.24, 2.45) is 0 Å². The van der Waals surface area contributed by atoms with Crippen LogP contribution in [0.1, 0.15) is 34.6 Å². The highest BCUT2D eigenvalue weighted by Gasteiger charge is 2.44. The first-order valence-corrected chi connectivity index (χ1v) is 8.07. The van der Waals surface area contributed by atoms with Crippen LogP contribution in [-0.4, -0.2) is 15.5 Å². The number of para-hydroxylation sites is 2. The van der Waals surface area contributed by atoms with Gasteiger partial charge in [-0.1, -0.05) is 42.5 Å². The second-order valence-electron chi connectivity index (χ2n) is 6.18.